The summed E-state index contributed by atoms with van der Waals surface area (Å²) in [6.07, 6.45) is 1.62. The minimum absolute atomic E-state index is 0.177. The van der Waals surface area contributed by atoms with Gasteiger partial charge in [0.2, 0.25) is 0 Å². The van der Waals surface area contributed by atoms with E-state index >= 15 is 0 Å². The van der Waals surface area contributed by atoms with Gasteiger partial charge in [-0.2, -0.15) is 0 Å². The highest BCUT2D eigenvalue weighted by atomic mass is 16.5. The first-order chi connectivity index (χ1) is 9.69. The number of carbonyl (C=O) groups is 1. The van der Waals surface area contributed by atoms with Crippen LogP contribution in [0, 0.1) is 6.92 Å². The summed E-state index contributed by atoms with van der Waals surface area (Å²) >= 11 is 0. The quantitative estimate of drug-likeness (QED) is 0.932. The number of methoxy groups -OCH3 is 1. The summed E-state index contributed by atoms with van der Waals surface area (Å²) in [5.74, 6) is -0.177. The Hall–Kier alpha value is -2.20. The van der Waals surface area contributed by atoms with Crippen molar-refractivity contribution in [2.24, 2.45) is 0 Å². The number of nitrogens with one attached hydrogen (secondary N) is 1. The maximum atomic E-state index is 11.9. The Morgan fingerprint density at radius 2 is 1.85 bits per heavy atom. The van der Waals surface area contributed by atoms with E-state index in [-0.39, 0.29) is 5.91 Å². The molecule has 4 nitrogen and oxygen atoms in total. The Bertz CT molecular complexity index is 525. The minimum Gasteiger partial charge on any atom is -0.385 e. The Balaban J connectivity index is 0.000000444. The number of hydrogen-bond donors (Lipinski definition) is 1. The summed E-state index contributed by atoms with van der Waals surface area (Å²) in [6.45, 7) is 4.65. The third kappa shape index (κ3) is 5.20. The molecular formula is C16H20N2O2. The molecule has 0 aliphatic carbocycles. The lowest BCUT2D eigenvalue weighted by atomic mass is 10.2. The third-order valence-corrected chi connectivity index (χ3v) is 2.54. The molecule has 0 bridgehead atoms. The van der Waals surface area contributed by atoms with Crippen LogP contribution < -0.4 is 5.32 Å². The smallest absolute Gasteiger partial charge is 0.274 e. The predicted molar refractivity (Wildman–Crippen MR) is 80.9 cm³/mol. The van der Waals surface area contributed by atoms with E-state index in [1.165, 1.54) is 0 Å². The Kier molecular flexibility index (Phi) is 7.00. The number of amides is 1. The van der Waals surface area contributed by atoms with Crippen molar-refractivity contribution >= 4 is 11.6 Å². The van der Waals surface area contributed by atoms with E-state index in [9.17, 15) is 4.79 Å². The van der Waals surface area contributed by atoms with Crippen molar-refractivity contribution in [2.75, 3.05) is 19.0 Å². The van der Waals surface area contributed by atoms with Gasteiger partial charge in [-0.05, 0) is 37.6 Å². The zero-order chi connectivity index (χ0) is 14.8. The number of aromatic nitrogens is 1. The molecule has 0 aliphatic heterocycles. The molecule has 0 fully saturated rings. The molecule has 0 unspecified atom stereocenters. The average Bonchev–Trinajstić information content (AvgIpc) is 2.49. The van der Waals surface area contributed by atoms with Gasteiger partial charge in [0.05, 0.1) is 0 Å². The number of ether oxygens (including phenoxy) is 1. The number of nitrogens with zero attached hydrogens (tertiary/aromatic N) is 1. The van der Waals surface area contributed by atoms with Crippen LogP contribution in [0.4, 0.5) is 5.69 Å². The number of hydrogen-bond acceptors (Lipinski definition) is 3. The van der Waals surface area contributed by atoms with E-state index in [0.29, 0.717) is 5.69 Å². The summed E-state index contributed by atoms with van der Waals surface area (Å²) in [4.78, 5) is 15.9. The molecule has 0 spiro atoms. The number of carbonyl (C=O) groups excluding carboxylic acids is 1. The first-order valence-electron chi connectivity index (χ1n) is 6.46. The standard InChI is InChI=1S/C13H12N2O.C3H8O/c1-10-6-5-9-14-12(10)13(16)15-11-7-3-2-4-8-11;1-3-4-2/h2-9H,1H3,(H,15,16);3H2,1-2H3. The van der Waals surface area contributed by atoms with Crippen molar-refractivity contribution in [3.8, 4) is 0 Å². The molecule has 106 valence electrons. The van der Waals surface area contributed by atoms with Crippen molar-refractivity contribution in [2.45, 2.75) is 13.8 Å². The molecule has 0 radical (unpaired) electrons. The summed E-state index contributed by atoms with van der Waals surface area (Å²) in [7, 11) is 1.68. The minimum atomic E-state index is -0.177. The van der Waals surface area contributed by atoms with Crippen LogP contribution in [0.5, 0.6) is 0 Å². The molecule has 2 aromatic rings. The van der Waals surface area contributed by atoms with Crippen molar-refractivity contribution in [1.29, 1.82) is 0 Å². The topological polar surface area (TPSA) is 51.2 Å². The van der Waals surface area contributed by atoms with Gasteiger partial charge in [0.25, 0.3) is 5.91 Å². The Labute approximate surface area is 119 Å². The maximum absolute atomic E-state index is 11.9. The molecule has 1 N–H and O–H groups in total. The van der Waals surface area contributed by atoms with Gasteiger partial charge in [-0.1, -0.05) is 24.3 Å². The van der Waals surface area contributed by atoms with E-state index in [0.717, 1.165) is 17.9 Å². The lowest BCUT2D eigenvalue weighted by Gasteiger charge is -2.05. The van der Waals surface area contributed by atoms with Crippen LogP contribution in [0.25, 0.3) is 0 Å². The fourth-order valence-corrected chi connectivity index (χ4v) is 1.44. The van der Waals surface area contributed by atoms with Crippen LogP contribution in [0.3, 0.4) is 0 Å². The van der Waals surface area contributed by atoms with Crippen molar-refractivity contribution in [3.05, 3.63) is 59.9 Å². The molecular weight excluding hydrogens is 252 g/mol. The molecule has 0 saturated carbocycles. The van der Waals surface area contributed by atoms with Gasteiger partial charge in [-0.15, -0.1) is 0 Å². The van der Waals surface area contributed by atoms with Crippen LogP contribution in [-0.4, -0.2) is 24.6 Å². The zero-order valence-corrected chi connectivity index (χ0v) is 12.1. The van der Waals surface area contributed by atoms with Crippen LogP contribution in [0.15, 0.2) is 48.7 Å². The number of anilines is 1. The molecule has 2 rings (SSSR count). The van der Waals surface area contributed by atoms with Gasteiger partial charge < -0.3 is 10.1 Å². The Morgan fingerprint density at radius 3 is 2.40 bits per heavy atom. The third-order valence-electron chi connectivity index (χ3n) is 2.54. The number of benzene rings is 1. The lowest BCUT2D eigenvalue weighted by molar-refractivity contribution is 0.102. The van der Waals surface area contributed by atoms with Gasteiger partial charge >= 0.3 is 0 Å². The highest BCUT2D eigenvalue weighted by molar-refractivity contribution is 6.03. The molecule has 1 aromatic heterocycles. The fraction of sp³-hybridized carbons (Fsp3) is 0.250. The number of pyridine rings is 1. The monoisotopic (exact) mass is 272 g/mol. The largest absolute Gasteiger partial charge is 0.385 e. The molecule has 0 aliphatic rings. The van der Waals surface area contributed by atoms with Crippen LogP contribution in [-0.2, 0) is 4.74 Å². The molecule has 1 aromatic carbocycles. The first kappa shape index (κ1) is 15.9. The van der Waals surface area contributed by atoms with Gasteiger partial charge in [0, 0.05) is 25.6 Å². The second-order valence-corrected chi connectivity index (χ2v) is 4.07. The van der Waals surface area contributed by atoms with E-state index < -0.39 is 0 Å². The molecule has 20 heavy (non-hydrogen) atoms. The van der Waals surface area contributed by atoms with Crippen LogP contribution in [0.1, 0.15) is 23.0 Å². The van der Waals surface area contributed by atoms with Crippen molar-refractivity contribution < 1.29 is 9.53 Å². The summed E-state index contributed by atoms with van der Waals surface area (Å²) < 4.78 is 4.54. The summed E-state index contributed by atoms with van der Waals surface area (Å²) in [6, 6.07) is 13.0. The van der Waals surface area contributed by atoms with Crippen molar-refractivity contribution in [3.63, 3.8) is 0 Å². The van der Waals surface area contributed by atoms with Gasteiger partial charge in [0.1, 0.15) is 5.69 Å². The predicted octanol–water partition coefficient (Wildman–Crippen LogP) is 3.30. The highest BCUT2D eigenvalue weighted by Crippen LogP contribution is 2.09. The van der Waals surface area contributed by atoms with Gasteiger partial charge in [0.15, 0.2) is 0 Å². The molecule has 4 heteroatoms. The number of rotatable bonds is 3. The van der Waals surface area contributed by atoms with Crippen LogP contribution in [0.2, 0.25) is 0 Å². The summed E-state index contributed by atoms with van der Waals surface area (Å²) in [5, 5.41) is 2.80. The number of aryl methyl sites for hydroxylation is 1. The Morgan fingerprint density at radius 1 is 1.20 bits per heavy atom. The second-order valence-electron chi connectivity index (χ2n) is 4.07. The second kappa shape index (κ2) is 8.82. The lowest BCUT2D eigenvalue weighted by Crippen LogP contribution is -2.14. The normalized spacial score (nSPS) is 9.35. The average molecular weight is 272 g/mol. The summed E-state index contributed by atoms with van der Waals surface area (Å²) in [5.41, 5.74) is 2.11. The highest BCUT2D eigenvalue weighted by Gasteiger charge is 2.09. The SMILES string of the molecule is CCOC.Cc1cccnc1C(=O)Nc1ccccc1. The molecule has 0 atom stereocenters. The van der Waals surface area contributed by atoms with Crippen molar-refractivity contribution in [1.82, 2.24) is 4.98 Å². The fourth-order valence-electron chi connectivity index (χ4n) is 1.44. The van der Waals surface area contributed by atoms with Gasteiger partial charge in [-0.3, -0.25) is 9.78 Å². The van der Waals surface area contributed by atoms with E-state index in [4.69, 9.17) is 0 Å². The van der Waals surface area contributed by atoms with Crippen LogP contribution >= 0.6 is 0 Å². The van der Waals surface area contributed by atoms with E-state index in [2.05, 4.69) is 15.0 Å². The van der Waals surface area contributed by atoms with E-state index in [1.54, 1.807) is 13.3 Å². The molecule has 1 amide bonds. The number of para-hydroxylation sites is 1. The van der Waals surface area contributed by atoms with E-state index in [1.807, 2.05) is 56.3 Å². The zero-order valence-electron chi connectivity index (χ0n) is 12.1. The molecule has 1 heterocycles. The van der Waals surface area contributed by atoms with Gasteiger partial charge in [-0.25, -0.2) is 0 Å². The maximum Gasteiger partial charge on any atom is 0.274 e. The molecule has 0 saturated heterocycles. The first-order valence-corrected chi connectivity index (χ1v) is 6.46.